The molecule has 1 N–H and O–H groups in total. The van der Waals surface area contributed by atoms with Crippen molar-refractivity contribution in [2.24, 2.45) is 17.8 Å². The highest BCUT2D eigenvalue weighted by Crippen LogP contribution is 2.49. The van der Waals surface area contributed by atoms with Crippen LogP contribution in [0.3, 0.4) is 0 Å². The molecule has 0 saturated heterocycles. The highest BCUT2D eigenvalue weighted by atomic mass is 16.1. The van der Waals surface area contributed by atoms with E-state index in [0.717, 1.165) is 23.1 Å². The molecule has 2 heteroatoms. The zero-order valence-electron chi connectivity index (χ0n) is 11.9. The van der Waals surface area contributed by atoms with Crippen molar-refractivity contribution in [2.75, 3.05) is 5.32 Å². The number of hydrogen-bond acceptors (Lipinski definition) is 1. The maximum absolute atomic E-state index is 12.2. The van der Waals surface area contributed by atoms with Crippen LogP contribution < -0.4 is 5.32 Å². The fourth-order valence-electron chi connectivity index (χ4n) is 4.02. The van der Waals surface area contributed by atoms with Crippen molar-refractivity contribution in [3.8, 4) is 0 Å². The van der Waals surface area contributed by atoms with Crippen LogP contribution in [0.2, 0.25) is 0 Å². The molecule has 1 amide bonds. The zero-order chi connectivity index (χ0) is 13.4. The summed E-state index contributed by atoms with van der Waals surface area (Å²) >= 11 is 0. The van der Waals surface area contributed by atoms with Gasteiger partial charge in [0.2, 0.25) is 5.91 Å². The van der Waals surface area contributed by atoms with Gasteiger partial charge in [-0.1, -0.05) is 24.1 Å². The van der Waals surface area contributed by atoms with Gasteiger partial charge in [0.15, 0.2) is 0 Å². The van der Waals surface area contributed by atoms with Gasteiger partial charge in [0.1, 0.15) is 0 Å². The third kappa shape index (κ3) is 2.68. The van der Waals surface area contributed by atoms with Crippen LogP contribution in [-0.4, -0.2) is 5.91 Å². The predicted octanol–water partition coefficient (Wildman–Crippen LogP) is 4.07. The van der Waals surface area contributed by atoms with Crippen molar-refractivity contribution in [3.05, 3.63) is 29.3 Å². The molecule has 2 aliphatic carbocycles. The molecule has 1 aromatic rings. The summed E-state index contributed by atoms with van der Waals surface area (Å²) in [5.41, 5.74) is 3.36. The predicted molar refractivity (Wildman–Crippen MR) is 78.1 cm³/mol. The van der Waals surface area contributed by atoms with Gasteiger partial charge >= 0.3 is 0 Å². The summed E-state index contributed by atoms with van der Waals surface area (Å²) in [7, 11) is 0. The molecule has 2 fully saturated rings. The fourth-order valence-corrected chi connectivity index (χ4v) is 4.02. The van der Waals surface area contributed by atoms with Crippen LogP contribution in [-0.2, 0) is 4.79 Å². The summed E-state index contributed by atoms with van der Waals surface area (Å²) in [6.45, 7) is 4.13. The third-order valence-corrected chi connectivity index (χ3v) is 4.99. The molecular weight excluding hydrogens is 234 g/mol. The molecule has 3 rings (SSSR count). The number of aryl methyl sites for hydroxylation is 2. The molecule has 0 spiro atoms. The monoisotopic (exact) mass is 257 g/mol. The Morgan fingerprint density at radius 3 is 2.74 bits per heavy atom. The molecule has 0 unspecified atom stereocenters. The van der Waals surface area contributed by atoms with Gasteiger partial charge in [0.05, 0.1) is 0 Å². The van der Waals surface area contributed by atoms with E-state index >= 15 is 0 Å². The first kappa shape index (κ1) is 12.7. The molecule has 0 aromatic heterocycles. The maximum Gasteiger partial charge on any atom is 0.224 e. The number of nitrogens with one attached hydrogen (secondary N) is 1. The highest BCUT2D eigenvalue weighted by Gasteiger charge is 2.40. The first-order valence-electron chi connectivity index (χ1n) is 7.49. The van der Waals surface area contributed by atoms with Crippen molar-refractivity contribution >= 4 is 11.6 Å². The molecular formula is C17H23NO. The summed E-state index contributed by atoms with van der Waals surface area (Å²) in [5, 5.41) is 3.08. The number of benzene rings is 1. The molecule has 0 heterocycles. The Labute approximate surface area is 115 Å². The molecule has 0 aliphatic heterocycles. The summed E-state index contributed by atoms with van der Waals surface area (Å²) in [6, 6.07) is 6.19. The van der Waals surface area contributed by atoms with Gasteiger partial charge in [-0.2, -0.15) is 0 Å². The Morgan fingerprint density at radius 2 is 2.11 bits per heavy atom. The van der Waals surface area contributed by atoms with E-state index in [1.807, 2.05) is 6.07 Å². The van der Waals surface area contributed by atoms with E-state index in [0.29, 0.717) is 12.3 Å². The first-order chi connectivity index (χ1) is 9.11. The van der Waals surface area contributed by atoms with Gasteiger partial charge in [-0.25, -0.2) is 0 Å². The zero-order valence-corrected chi connectivity index (χ0v) is 11.9. The molecule has 1 aromatic carbocycles. The summed E-state index contributed by atoms with van der Waals surface area (Å²) in [6.07, 6.45) is 6.13. The first-order valence-corrected chi connectivity index (χ1v) is 7.49. The van der Waals surface area contributed by atoms with Crippen molar-refractivity contribution in [3.63, 3.8) is 0 Å². The lowest BCUT2D eigenvalue weighted by atomic mass is 9.86. The van der Waals surface area contributed by atoms with Crippen molar-refractivity contribution in [1.29, 1.82) is 0 Å². The molecule has 19 heavy (non-hydrogen) atoms. The Kier molecular flexibility index (Phi) is 3.34. The van der Waals surface area contributed by atoms with Gasteiger partial charge in [0, 0.05) is 12.1 Å². The van der Waals surface area contributed by atoms with Crippen molar-refractivity contribution < 1.29 is 4.79 Å². The molecule has 2 aliphatic rings. The van der Waals surface area contributed by atoms with E-state index in [1.165, 1.54) is 31.2 Å². The average molecular weight is 257 g/mol. The van der Waals surface area contributed by atoms with E-state index in [-0.39, 0.29) is 5.91 Å². The number of carbonyl (C=O) groups is 1. The minimum Gasteiger partial charge on any atom is -0.326 e. The molecule has 3 atom stereocenters. The summed E-state index contributed by atoms with van der Waals surface area (Å²) < 4.78 is 0. The van der Waals surface area contributed by atoms with E-state index in [1.54, 1.807) is 0 Å². The van der Waals surface area contributed by atoms with E-state index in [2.05, 4.69) is 31.3 Å². The Hall–Kier alpha value is -1.31. The van der Waals surface area contributed by atoms with Crippen molar-refractivity contribution in [1.82, 2.24) is 0 Å². The van der Waals surface area contributed by atoms with Crippen LogP contribution in [0.15, 0.2) is 18.2 Å². The average Bonchev–Trinajstić information content (AvgIpc) is 2.95. The van der Waals surface area contributed by atoms with Crippen LogP contribution in [0.4, 0.5) is 5.69 Å². The Balaban J connectivity index is 1.59. The maximum atomic E-state index is 12.2. The number of carbonyl (C=O) groups excluding carboxylic acids is 1. The molecule has 102 valence electrons. The lowest BCUT2D eigenvalue weighted by Crippen LogP contribution is -2.20. The van der Waals surface area contributed by atoms with Crippen LogP contribution in [0.25, 0.3) is 0 Å². The standard InChI is InChI=1S/C17H23NO/c1-11-3-6-16(12(2)7-11)18-17(19)10-15-9-13-4-5-14(15)8-13/h3,6-7,13-15H,4-5,8-10H2,1-2H3,(H,18,19)/t13-,14-,15+/m1/s1. The summed E-state index contributed by atoms with van der Waals surface area (Å²) in [4.78, 5) is 12.2. The van der Waals surface area contributed by atoms with Crippen molar-refractivity contribution in [2.45, 2.75) is 46.0 Å². The smallest absolute Gasteiger partial charge is 0.224 e. The fraction of sp³-hybridized carbons (Fsp3) is 0.588. The Morgan fingerprint density at radius 1 is 1.26 bits per heavy atom. The minimum absolute atomic E-state index is 0.199. The number of fused-ring (bicyclic) bond motifs is 2. The van der Waals surface area contributed by atoms with Gasteiger partial charge in [-0.15, -0.1) is 0 Å². The second kappa shape index (κ2) is 4.99. The SMILES string of the molecule is Cc1ccc(NC(=O)C[C@@H]2C[C@@H]3CC[C@@H]2C3)c(C)c1. The lowest BCUT2D eigenvalue weighted by Gasteiger charge is -2.21. The minimum atomic E-state index is 0.199. The van der Waals surface area contributed by atoms with Crippen LogP contribution >= 0.6 is 0 Å². The normalized spacial score (nSPS) is 28.6. The van der Waals surface area contributed by atoms with E-state index < -0.39 is 0 Å². The molecule has 2 saturated carbocycles. The second-order valence-electron chi connectivity index (χ2n) is 6.51. The molecule has 0 radical (unpaired) electrons. The number of hydrogen-bond donors (Lipinski definition) is 1. The van der Waals surface area contributed by atoms with Gasteiger partial charge in [-0.3, -0.25) is 4.79 Å². The van der Waals surface area contributed by atoms with Crippen LogP contribution in [0.1, 0.15) is 43.2 Å². The van der Waals surface area contributed by atoms with E-state index in [9.17, 15) is 4.79 Å². The van der Waals surface area contributed by atoms with Gasteiger partial charge < -0.3 is 5.32 Å². The number of anilines is 1. The topological polar surface area (TPSA) is 29.1 Å². The Bertz CT molecular complexity index is 494. The quantitative estimate of drug-likeness (QED) is 0.869. The second-order valence-corrected chi connectivity index (χ2v) is 6.51. The van der Waals surface area contributed by atoms with Gasteiger partial charge in [0.25, 0.3) is 0 Å². The van der Waals surface area contributed by atoms with Gasteiger partial charge in [-0.05, 0) is 62.5 Å². The highest BCUT2D eigenvalue weighted by molar-refractivity contribution is 5.91. The lowest BCUT2D eigenvalue weighted by molar-refractivity contribution is -0.117. The summed E-state index contributed by atoms with van der Waals surface area (Å²) in [5.74, 6) is 2.59. The molecule has 2 bridgehead atoms. The van der Waals surface area contributed by atoms with Crippen LogP contribution in [0, 0.1) is 31.6 Å². The number of amides is 1. The van der Waals surface area contributed by atoms with Crippen LogP contribution in [0.5, 0.6) is 0 Å². The van der Waals surface area contributed by atoms with E-state index in [4.69, 9.17) is 0 Å². The largest absolute Gasteiger partial charge is 0.326 e. The molecule has 2 nitrogen and oxygen atoms in total. The number of rotatable bonds is 3. The third-order valence-electron chi connectivity index (χ3n) is 4.99.